The highest BCUT2D eigenvalue weighted by Crippen LogP contribution is 2.25. The molecule has 1 aliphatic heterocycles. The van der Waals surface area contributed by atoms with E-state index in [1.54, 1.807) is 12.1 Å². The zero-order valence-corrected chi connectivity index (χ0v) is 14.6. The predicted molar refractivity (Wildman–Crippen MR) is 92.9 cm³/mol. The van der Waals surface area contributed by atoms with Crippen molar-refractivity contribution in [3.8, 4) is 11.6 Å². The van der Waals surface area contributed by atoms with Gasteiger partial charge in [-0.3, -0.25) is 4.90 Å². The first-order valence-corrected chi connectivity index (χ1v) is 9.01. The van der Waals surface area contributed by atoms with Gasteiger partial charge in [-0.2, -0.15) is 4.98 Å². The van der Waals surface area contributed by atoms with Crippen LogP contribution < -0.4 is 5.32 Å². The monoisotopic (exact) mass is 359 g/mol. The van der Waals surface area contributed by atoms with Crippen LogP contribution in [0.15, 0.2) is 34.2 Å². The van der Waals surface area contributed by atoms with Gasteiger partial charge in [0.25, 0.3) is 5.89 Å². The number of benzene rings is 1. The van der Waals surface area contributed by atoms with Crippen molar-refractivity contribution in [2.24, 2.45) is 0 Å². The van der Waals surface area contributed by atoms with Gasteiger partial charge in [0.2, 0.25) is 0 Å². The number of nitrogens with zero attached hydrogens (tertiary/aromatic N) is 4. The first-order chi connectivity index (χ1) is 12.2. The Morgan fingerprint density at radius 3 is 3.08 bits per heavy atom. The molecule has 2 aromatic heterocycles. The Morgan fingerprint density at radius 2 is 2.24 bits per heavy atom. The standard InChI is InChI=1S/C17H18FN5OS/c1-23-7-6-19-9-14(23)16-21-17(24-22-16)13-10-25-15(20-13)8-11-4-2-3-5-12(11)18/h2-5,10,14,19H,6-9H2,1H3. The fraction of sp³-hybridized carbons (Fsp3) is 0.353. The second-order valence-electron chi connectivity index (χ2n) is 6.05. The lowest BCUT2D eigenvalue weighted by Gasteiger charge is -2.30. The van der Waals surface area contributed by atoms with E-state index in [1.807, 2.05) is 11.4 Å². The second kappa shape index (κ2) is 6.99. The maximum absolute atomic E-state index is 13.8. The Morgan fingerprint density at radius 1 is 1.36 bits per heavy atom. The average molecular weight is 359 g/mol. The maximum atomic E-state index is 13.8. The van der Waals surface area contributed by atoms with Gasteiger partial charge in [-0.25, -0.2) is 9.37 Å². The molecule has 0 radical (unpaired) electrons. The quantitative estimate of drug-likeness (QED) is 0.772. The summed E-state index contributed by atoms with van der Waals surface area (Å²) in [5.41, 5.74) is 1.27. The first kappa shape index (κ1) is 16.3. The molecule has 1 unspecified atom stereocenters. The first-order valence-electron chi connectivity index (χ1n) is 8.13. The van der Waals surface area contributed by atoms with Gasteiger partial charge in [0, 0.05) is 31.4 Å². The van der Waals surface area contributed by atoms with Crippen molar-refractivity contribution in [2.75, 3.05) is 26.7 Å². The number of rotatable bonds is 4. The minimum Gasteiger partial charge on any atom is -0.332 e. The van der Waals surface area contributed by atoms with Gasteiger partial charge in [-0.15, -0.1) is 11.3 Å². The molecule has 0 bridgehead atoms. The van der Waals surface area contributed by atoms with Crippen molar-refractivity contribution in [1.29, 1.82) is 0 Å². The number of likely N-dealkylation sites (N-methyl/N-ethyl adjacent to an activating group) is 1. The number of halogens is 1. The van der Waals surface area contributed by atoms with Crippen LogP contribution in [-0.2, 0) is 6.42 Å². The smallest absolute Gasteiger partial charge is 0.277 e. The van der Waals surface area contributed by atoms with Crippen molar-refractivity contribution < 1.29 is 8.91 Å². The molecule has 1 fully saturated rings. The van der Waals surface area contributed by atoms with Crippen molar-refractivity contribution in [1.82, 2.24) is 25.3 Å². The molecule has 1 saturated heterocycles. The Hall–Kier alpha value is -2.16. The van der Waals surface area contributed by atoms with Crippen LogP contribution in [0.1, 0.15) is 22.4 Å². The summed E-state index contributed by atoms with van der Waals surface area (Å²) in [6, 6.07) is 6.84. The van der Waals surface area contributed by atoms with Crippen LogP contribution in [0.4, 0.5) is 4.39 Å². The van der Waals surface area contributed by atoms with Gasteiger partial charge < -0.3 is 9.84 Å². The molecule has 0 aliphatic carbocycles. The van der Waals surface area contributed by atoms with E-state index in [1.165, 1.54) is 17.4 Å². The van der Waals surface area contributed by atoms with E-state index in [9.17, 15) is 4.39 Å². The van der Waals surface area contributed by atoms with E-state index in [0.29, 0.717) is 29.4 Å². The highest BCUT2D eigenvalue weighted by atomic mass is 32.1. The zero-order valence-electron chi connectivity index (χ0n) is 13.8. The topological polar surface area (TPSA) is 67.1 Å². The highest BCUT2D eigenvalue weighted by molar-refractivity contribution is 7.10. The summed E-state index contributed by atoms with van der Waals surface area (Å²) in [6.07, 6.45) is 0.452. The molecule has 3 heterocycles. The fourth-order valence-electron chi connectivity index (χ4n) is 2.86. The molecule has 3 aromatic rings. The number of hydrogen-bond acceptors (Lipinski definition) is 7. The lowest BCUT2D eigenvalue weighted by Crippen LogP contribution is -2.44. The van der Waals surface area contributed by atoms with Gasteiger partial charge in [0.1, 0.15) is 11.5 Å². The molecular formula is C17H18FN5OS. The van der Waals surface area contributed by atoms with Gasteiger partial charge >= 0.3 is 0 Å². The largest absolute Gasteiger partial charge is 0.332 e. The SMILES string of the molecule is CN1CCNCC1c1noc(-c2csc(Cc3ccccc3F)n2)n1. The summed E-state index contributed by atoms with van der Waals surface area (Å²) in [5.74, 6) is 0.852. The number of aromatic nitrogens is 3. The van der Waals surface area contributed by atoms with Crippen LogP contribution in [0, 0.1) is 5.82 Å². The molecular weight excluding hydrogens is 341 g/mol. The minimum atomic E-state index is -0.216. The Labute approximate surface area is 148 Å². The molecule has 1 aliphatic rings. The lowest BCUT2D eigenvalue weighted by molar-refractivity contribution is 0.190. The molecule has 25 heavy (non-hydrogen) atoms. The van der Waals surface area contributed by atoms with E-state index in [2.05, 4.69) is 32.4 Å². The fourth-order valence-corrected chi connectivity index (χ4v) is 3.65. The van der Waals surface area contributed by atoms with E-state index in [0.717, 1.165) is 24.6 Å². The van der Waals surface area contributed by atoms with E-state index in [-0.39, 0.29) is 11.9 Å². The average Bonchev–Trinajstić information content (AvgIpc) is 3.27. The third-order valence-electron chi connectivity index (χ3n) is 4.32. The maximum Gasteiger partial charge on any atom is 0.277 e. The van der Waals surface area contributed by atoms with Crippen LogP contribution in [-0.4, -0.2) is 46.7 Å². The van der Waals surface area contributed by atoms with Gasteiger partial charge in [-0.05, 0) is 18.7 Å². The molecule has 1 aromatic carbocycles. The Kier molecular flexibility index (Phi) is 4.56. The second-order valence-corrected chi connectivity index (χ2v) is 7.00. The third-order valence-corrected chi connectivity index (χ3v) is 5.17. The molecule has 0 saturated carbocycles. The number of thiazole rings is 1. The summed E-state index contributed by atoms with van der Waals surface area (Å²) < 4.78 is 19.2. The summed E-state index contributed by atoms with van der Waals surface area (Å²) in [4.78, 5) is 11.2. The summed E-state index contributed by atoms with van der Waals surface area (Å²) in [7, 11) is 2.05. The summed E-state index contributed by atoms with van der Waals surface area (Å²) in [5, 5.41) is 10.1. The predicted octanol–water partition coefficient (Wildman–Crippen LogP) is 2.50. The van der Waals surface area contributed by atoms with Crippen molar-refractivity contribution >= 4 is 11.3 Å². The number of piperazine rings is 1. The number of nitrogens with one attached hydrogen (secondary N) is 1. The molecule has 4 rings (SSSR count). The van der Waals surface area contributed by atoms with Crippen LogP contribution in [0.3, 0.4) is 0 Å². The normalized spacial score (nSPS) is 18.6. The Bertz CT molecular complexity index is 864. The van der Waals surface area contributed by atoms with E-state index >= 15 is 0 Å². The van der Waals surface area contributed by atoms with Crippen molar-refractivity contribution in [3.05, 3.63) is 51.9 Å². The van der Waals surface area contributed by atoms with E-state index < -0.39 is 0 Å². The van der Waals surface area contributed by atoms with Crippen LogP contribution in [0.5, 0.6) is 0 Å². The van der Waals surface area contributed by atoms with Gasteiger partial charge in [-0.1, -0.05) is 23.4 Å². The molecule has 130 valence electrons. The van der Waals surface area contributed by atoms with Crippen molar-refractivity contribution in [2.45, 2.75) is 12.5 Å². The molecule has 0 amide bonds. The van der Waals surface area contributed by atoms with Crippen LogP contribution in [0.2, 0.25) is 0 Å². The third kappa shape index (κ3) is 3.46. The molecule has 0 spiro atoms. The zero-order chi connectivity index (χ0) is 17.2. The summed E-state index contributed by atoms with van der Waals surface area (Å²) >= 11 is 1.46. The summed E-state index contributed by atoms with van der Waals surface area (Å²) in [6.45, 7) is 2.70. The van der Waals surface area contributed by atoms with Gasteiger partial charge in [0.15, 0.2) is 5.82 Å². The van der Waals surface area contributed by atoms with Crippen LogP contribution >= 0.6 is 11.3 Å². The number of hydrogen-bond donors (Lipinski definition) is 1. The van der Waals surface area contributed by atoms with Gasteiger partial charge in [0.05, 0.1) is 11.0 Å². The van der Waals surface area contributed by atoms with Crippen molar-refractivity contribution in [3.63, 3.8) is 0 Å². The molecule has 1 N–H and O–H groups in total. The molecule has 8 heteroatoms. The Balaban J connectivity index is 1.52. The van der Waals surface area contributed by atoms with E-state index in [4.69, 9.17) is 4.52 Å². The van der Waals surface area contributed by atoms with Crippen LogP contribution in [0.25, 0.3) is 11.6 Å². The highest BCUT2D eigenvalue weighted by Gasteiger charge is 2.26. The molecule has 1 atom stereocenters. The molecule has 6 nitrogen and oxygen atoms in total. The lowest BCUT2D eigenvalue weighted by atomic mass is 10.1. The minimum absolute atomic E-state index is 0.0998.